The Balaban J connectivity index is 2.28. The average molecular weight is 286 g/mol. The number of anilines is 1. The van der Waals surface area contributed by atoms with E-state index in [4.69, 9.17) is 0 Å². The van der Waals surface area contributed by atoms with Gasteiger partial charge in [-0.05, 0) is 44.0 Å². The van der Waals surface area contributed by atoms with Crippen molar-refractivity contribution in [2.75, 3.05) is 18.4 Å². The summed E-state index contributed by atoms with van der Waals surface area (Å²) in [5.74, 6) is -0.983. The van der Waals surface area contributed by atoms with Crippen molar-refractivity contribution in [3.8, 4) is 0 Å². The number of aryl methyl sites for hydroxylation is 2. The monoisotopic (exact) mass is 286 g/mol. The van der Waals surface area contributed by atoms with Crippen LogP contribution < -0.4 is 10.6 Å². The van der Waals surface area contributed by atoms with E-state index >= 15 is 0 Å². The number of benzene rings is 1. The van der Waals surface area contributed by atoms with Gasteiger partial charge >= 0.3 is 6.18 Å². The summed E-state index contributed by atoms with van der Waals surface area (Å²) in [5, 5.41) is 5.07. The van der Waals surface area contributed by atoms with Crippen molar-refractivity contribution in [2.45, 2.75) is 26.4 Å². The molecule has 1 fully saturated rings. The van der Waals surface area contributed by atoms with E-state index in [0.717, 1.165) is 11.1 Å². The van der Waals surface area contributed by atoms with Gasteiger partial charge in [0.1, 0.15) is 0 Å². The lowest BCUT2D eigenvalue weighted by Crippen LogP contribution is -2.49. The zero-order chi connectivity index (χ0) is 15.0. The number of amides is 1. The van der Waals surface area contributed by atoms with Crippen LogP contribution in [0.2, 0.25) is 0 Å². The van der Waals surface area contributed by atoms with Crippen molar-refractivity contribution in [1.82, 2.24) is 5.32 Å². The highest BCUT2D eigenvalue weighted by atomic mass is 19.4. The van der Waals surface area contributed by atoms with E-state index in [9.17, 15) is 18.0 Å². The first-order valence-corrected chi connectivity index (χ1v) is 6.42. The molecule has 1 aliphatic rings. The fourth-order valence-electron chi connectivity index (χ4n) is 2.37. The van der Waals surface area contributed by atoms with Gasteiger partial charge in [-0.2, -0.15) is 13.2 Å². The second-order valence-corrected chi connectivity index (χ2v) is 5.28. The Bertz CT molecular complexity index is 520. The van der Waals surface area contributed by atoms with Crippen LogP contribution in [0.3, 0.4) is 0 Å². The number of halogens is 3. The third kappa shape index (κ3) is 2.52. The molecule has 1 aromatic rings. The lowest BCUT2D eigenvalue weighted by atomic mass is 9.85. The van der Waals surface area contributed by atoms with Crippen LogP contribution in [0.5, 0.6) is 0 Å². The number of alkyl halides is 3. The molecule has 1 heterocycles. The minimum Gasteiger partial charge on any atom is -0.325 e. The Morgan fingerprint density at radius 3 is 2.60 bits per heavy atom. The topological polar surface area (TPSA) is 41.1 Å². The maximum atomic E-state index is 13.2. The van der Waals surface area contributed by atoms with Crippen molar-refractivity contribution in [3.05, 3.63) is 29.3 Å². The lowest BCUT2D eigenvalue weighted by molar-refractivity contribution is -0.213. The highest BCUT2D eigenvalue weighted by Gasteiger charge is 2.61. The van der Waals surface area contributed by atoms with Gasteiger partial charge in [0.2, 0.25) is 5.91 Å². The van der Waals surface area contributed by atoms with E-state index in [1.165, 1.54) is 0 Å². The minimum absolute atomic E-state index is 0.194. The summed E-state index contributed by atoms with van der Waals surface area (Å²) < 4.78 is 39.7. The second kappa shape index (κ2) is 5.09. The molecule has 3 nitrogen and oxygen atoms in total. The van der Waals surface area contributed by atoms with Gasteiger partial charge in [0.25, 0.3) is 0 Å². The van der Waals surface area contributed by atoms with Crippen molar-refractivity contribution in [2.24, 2.45) is 5.41 Å². The van der Waals surface area contributed by atoms with Crippen LogP contribution in [-0.4, -0.2) is 25.2 Å². The van der Waals surface area contributed by atoms with E-state index in [1.54, 1.807) is 19.1 Å². The Morgan fingerprint density at radius 1 is 1.35 bits per heavy atom. The third-order valence-electron chi connectivity index (χ3n) is 3.77. The van der Waals surface area contributed by atoms with Gasteiger partial charge in [-0.25, -0.2) is 0 Å². The summed E-state index contributed by atoms with van der Waals surface area (Å²) in [7, 11) is 0. The van der Waals surface area contributed by atoms with E-state index in [0.29, 0.717) is 5.69 Å². The molecule has 1 aliphatic heterocycles. The van der Waals surface area contributed by atoms with Gasteiger partial charge in [-0.15, -0.1) is 0 Å². The van der Waals surface area contributed by atoms with Gasteiger partial charge in [-0.1, -0.05) is 12.1 Å². The van der Waals surface area contributed by atoms with Gasteiger partial charge < -0.3 is 10.6 Å². The summed E-state index contributed by atoms with van der Waals surface area (Å²) >= 11 is 0. The Hall–Kier alpha value is -1.56. The minimum atomic E-state index is -4.56. The molecule has 0 saturated carbocycles. The maximum absolute atomic E-state index is 13.2. The summed E-state index contributed by atoms with van der Waals surface area (Å²) in [6.45, 7) is 3.40. The van der Waals surface area contributed by atoms with Crippen LogP contribution >= 0.6 is 0 Å². The zero-order valence-electron chi connectivity index (χ0n) is 11.4. The number of rotatable bonds is 2. The lowest BCUT2D eigenvalue weighted by Gasteiger charge is -2.29. The molecule has 6 heteroatoms. The third-order valence-corrected chi connectivity index (χ3v) is 3.77. The highest BCUT2D eigenvalue weighted by Crippen LogP contribution is 2.43. The van der Waals surface area contributed by atoms with Crippen molar-refractivity contribution in [3.63, 3.8) is 0 Å². The Labute approximate surface area is 115 Å². The zero-order valence-corrected chi connectivity index (χ0v) is 11.4. The molecule has 0 aliphatic carbocycles. The molecule has 1 atom stereocenters. The van der Waals surface area contributed by atoms with Gasteiger partial charge in [0.05, 0.1) is 0 Å². The fraction of sp³-hybridized carbons (Fsp3) is 0.500. The molecule has 2 N–H and O–H groups in total. The van der Waals surface area contributed by atoms with E-state index in [1.807, 2.05) is 13.0 Å². The van der Waals surface area contributed by atoms with E-state index in [-0.39, 0.29) is 19.5 Å². The van der Waals surface area contributed by atoms with Crippen LogP contribution in [0.4, 0.5) is 18.9 Å². The van der Waals surface area contributed by atoms with Crippen LogP contribution in [0.15, 0.2) is 18.2 Å². The van der Waals surface area contributed by atoms with Crippen molar-refractivity contribution >= 4 is 11.6 Å². The normalized spacial score (nSPS) is 22.9. The molecule has 110 valence electrons. The predicted molar refractivity (Wildman–Crippen MR) is 70.5 cm³/mol. The number of carbonyl (C=O) groups is 1. The smallest absolute Gasteiger partial charge is 0.325 e. The molecule has 1 amide bonds. The largest absolute Gasteiger partial charge is 0.404 e. The van der Waals surface area contributed by atoms with Crippen LogP contribution in [0.1, 0.15) is 17.5 Å². The number of nitrogens with one attached hydrogen (secondary N) is 2. The van der Waals surface area contributed by atoms with E-state index < -0.39 is 17.5 Å². The standard InChI is InChI=1S/C14H17F3N2O/c1-9-3-4-10(2)11(7-9)19-12(20)13(14(15,16)17)5-6-18-8-13/h3-4,7,18H,5-6,8H2,1-2H3,(H,19,20). The number of hydrogen-bond donors (Lipinski definition) is 2. The van der Waals surface area contributed by atoms with Crippen molar-refractivity contribution < 1.29 is 18.0 Å². The van der Waals surface area contributed by atoms with Crippen LogP contribution in [0.25, 0.3) is 0 Å². The molecule has 0 aromatic heterocycles. The van der Waals surface area contributed by atoms with Gasteiger partial charge in [0.15, 0.2) is 5.41 Å². The van der Waals surface area contributed by atoms with Crippen LogP contribution in [-0.2, 0) is 4.79 Å². The van der Waals surface area contributed by atoms with E-state index in [2.05, 4.69) is 10.6 Å². The molecule has 0 bridgehead atoms. The van der Waals surface area contributed by atoms with Crippen LogP contribution in [0, 0.1) is 19.3 Å². The Kier molecular flexibility index (Phi) is 3.77. The highest BCUT2D eigenvalue weighted by molar-refractivity contribution is 5.97. The molecular formula is C14H17F3N2O. The molecule has 2 rings (SSSR count). The molecular weight excluding hydrogens is 269 g/mol. The summed E-state index contributed by atoms with van der Waals surface area (Å²) in [4.78, 5) is 12.2. The molecule has 0 radical (unpaired) electrons. The van der Waals surface area contributed by atoms with Gasteiger partial charge in [-0.3, -0.25) is 4.79 Å². The predicted octanol–water partition coefficient (Wildman–Crippen LogP) is 2.78. The summed E-state index contributed by atoms with van der Waals surface area (Å²) in [5.41, 5.74) is -0.266. The number of hydrogen-bond acceptors (Lipinski definition) is 2. The molecule has 1 saturated heterocycles. The Morgan fingerprint density at radius 2 is 2.05 bits per heavy atom. The molecule has 20 heavy (non-hydrogen) atoms. The average Bonchev–Trinajstić information content (AvgIpc) is 2.83. The molecule has 1 unspecified atom stereocenters. The van der Waals surface area contributed by atoms with Gasteiger partial charge in [0, 0.05) is 12.2 Å². The first-order chi connectivity index (χ1) is 9.26. The second-order valence-electron chi connectivity index (χ2n) is 5.28. The van der Waals surface area contributed by atoms with Crippen molar-refractivity contribution in [1.29, 1.82) is 0 Å². The number of carbonyl (C=O) groups excluding carboxylic acids is 1. The molecule has 0 spiro atoms. The quantitative estimate of drug-likeness (QED) is 0.877. The molecule has 1 aromatic carbocycles. The summed E-state index contributed by atoms with van der Waals surface area (Å²) in [6, 6.07) is 5.30. The first-order valence-electron chi connectivity index (χ1n) is 6.42. The fourth-order valence-corrected chi connectivity index (χ4v) is 2.37. The SMILES string of the molecule is Cc1ccc(C)c(NC(=O)C2(C(F)(F)F)CCNC2)c1. The summed E-state index contributed by atoms with van der Waals surface area (Å²) in [6.07, 6.45) is -4.79. The first kappa shape index (κ1) is 14.8. The maximum Gasteiger partial charge on any atom is 0.404 e.